The fraction of sp³-hybridized carbons (Fsp3) is 0.421. The number of rotatable bonds is 3. The second-order valence-electron chi connectivity index (χ2n) is 7.18. The predicted molar refractivity (Wildman–Crippen MR) is 90.2 cm³/mol. The average Bonchev–Trinajstić information content (AvgIpc) is 3.26. The zero-order chi connectivity index (χ0) is 17.1. The fourth-order valence-corrected chi connectivity index (χ4v) is 3.98. The van der Waals surface area contributed by atoms with Crippen molar-refractivity contribution in [3.63, 3.8) is 0 Å². The van der Waals surface area contributed by atoms with Gasteiger partial charge in [0.05, 0.1) is 6.54 Å². The van der Waals surface area contributed by atoms with E-state index in [1.807, 2.05) is 6.07 Å². The van der Waals surface area contributed by atoms with E-state index < -0.39 is 5.63 Å². The second kappa shape index (κ2) is 5.18. The van der Waals surface area contributed by atoms with Crippen LogP contribution in [-0.4, -0.2) is 34.3 Å². The van der Waals surface area contributed by atoms with Crippen molar-refractivity contribution in [2.24, 2.45) is 0 Å². The molecule has 1 aromatic heterocycles. The summed E-state index contributed by atoms with van der Waals surface area (Å²) in [4.78, 5) is 39.7. The molecule has 1 saturated heterocycles. The Kier molecular flexibility index (Phi) is 3.04. The molecule has 1 saturated carbocycles. The van der Waals surface area contributed by atoms with E-state index in [0.29, 0.717) is 11.1 Å². The molecule has 3 aliphatic rings. The van der Waals surface area contributed by atoms with Gasteiger partial charge in [0.1, 0.15) is 12.1 Å². The van der Waals surface area contributed by atoms with Crippen molar-refractivity contribution in [2.45, 2.75) is 44.7 Å². The topological polar surface area (TPSA) is 70.8 Å². The molecule has 5 rings (SSSR count). The molecule has 2 aromatic rings. The normalized spacial score (nSPS) is 20.0. The molecule has 2 heterocycles. The lowest BCUT2D eigenvalue weighted by Crippen LogP contribution is -2.33. The number of nitrogens with zero attached hydrogens (tertiary/aromatic N) is 2. The molecule has 25 heavy (non-hydrogen) atoms. The van der Waals surface area contributed by atoms with E-state index in [9.17, 15) is 14.4 Å². The third-order valence-corrected chi connectivity index (χ3v) is 5.44. The molecule has 128 valence electrons. The average molecular weight is 338 g/mol. The van der Waals surface area contributed by atoms with Crippen molar-refractivity contribution in [2.75, 3.05) is 6.54 Å². The first-order valence-corrected chi connectivity index (χ1v) is 8.79. The van der Waals surface area contributed by atoms with E-state index in [0.717, 1.165) is 37.5 Å². The summed E-state index contributed by atoms with van der Waals surface area (Å²) in [7, 11) is 0. The van der Waals surface area contributed by atoms with Crippen LogP contribution in [0.4, 0.5) is 4.79 Å². The highest BCUT2D eigenvalue weighted by Crippen LogP contribution is 2.32. The van der Waals surface area contributed by atoms with E-state index >= 15 is 0 Å². The van der Waals surface area contributed by atoms with Crippen LogP contribution in [0.5, 0.6) is 0 Å². The van der Waals surface area contributed by atoms with Gasteiger partial charge in [-0.15, -0.1) is 0 Å². The lowest BCUT2D eigenvalue weighted by atomic mass is 10.0. The van der Waals surface area contributed by atoms with E-state index in [-0.39, 0.29) is 31.1 Å². The van der Waals surface area contributed by atoms with Gasteiger partial charge in [0, 0.05) is 17.5 Å². The zero-order valence-electron chi connectivity index (χ0n) is 13.8. The van der Waals surface area contributed by atoms with E-state index in [4.69, 9.17) is 4.42 Å². The minimum atomic E-state index is -0.446. The van der Waals surface area contributed by atoms with Gasteiger partial charge < -0.3 is 9.32 Å². The summed E-state index contributed by atoms with van der Waals surface area (Å²) in [5.41, 5.74) is 3.27. The maximum absolute atomic E-state index is 12.5. The van der Waals surface area contributed by atoms with Gasteiger partial charge in [0.2, 0.25) is 0 Å². The van der Waals surface area contributed by atoms with Crippen molar-refractivity contribution in [1.29, 1.82) is 0 Å². The van der Waals surface area contributed by atoms with Crippen LogP contribution >= 0.6 is 0 Å². The molecular weight excluding hydrogens is 320 g/mol. The zero-order valence-corrected chi connectivity index (χ0v) is 13.8. The van der Waals surface area contributed by atoms with Crippen molar-refractivity contribution in [3.05, 3.63) is 45.3 Å². The van der Waals surface area contributed by atoms with Crippen LogP contribution in [0.1, 0.15) is 36.0 Å². The molecule has 1 aliphatic heterocycles. The Morgan fingerprint density at radius 2 is 1.80 bits per heavy atom. The molecule has 2 fully saturated rings. The standard InChI is InChI=1S/C19H18N2O4/c22-17-10-20(14-4-5-14)19(24)21(17)9-13-8-18(23)25-16-7-12-3-1-2-11(12)6-15(13)16/h6-8,14H,1-5,9-10H2. The number of hydrogen-bond acceptors (Lipinski definition) is 4. The van der Waals surface area contributed by atoms with Crippen LogP contribution in [0, 0.1) is 0 Å². The van der Waals surface area contributed by atoms with Crippen LogP contribution in [0.15, 0.2) is 27.4 Å². The van der Waals surface area contributed by atoms with Gasteiger partial charge in [-0.3, -0.25) is 9.69 Å². The Morgan fingerprint density at radius 3 is 2.56 bits per heavy atom. The molecule has 2 aliphatic carbocycles. The van der Waals surface area contributed by atoms with Gasteiger partial charge in [0.25, 0.3) is 5.91 Å². The molecule has 0 N–H and O–H groups in total. The molecule has 3 amide bonds. The second-order valence-corrected chi connectivity index (χ2v) is 7.18. The van der Waals surface area contributed by atoms with Crippen LogP contribution in [0.2, 0.25) is 0 Å². The van der Waals surface area contributed by atoms with Gasteiger partial charge in [-0.05, 0) is 60.9 Å². The van der Waals surface area contributed by atoms with Crippen molar-refractivity contribution in [3.8, 4) is 0 Å². The molecule has 1 aromatic carbocycles. The summed E-state index contributed by atoms with van der Waals surface area (Å²) in [6, 6.07) is 5.37. The number of hydrogen-bond donors (Lipinski definition) is 0. The molecule has 6 heteroatoms. The Bertz CT molecular complexity index is 973. The number of amides is 3. The number of aryl methyl sites for hydroxylation is 2. The highest BCUT2D eigenvalue weighted by Gasteiger charge is 2.43. The van der Waals surface area contributed by atoms with Crippen molar-refractivity contribution < 1.29 is 14.0 Å². The van der Waals surface area contributed by atoms with Crippen LogP contribution in [0.25, 0.3) is 11.0 Å². The van der Waals surface area contributed by atoms with Crippen LogP contribution in [-0.2, 0) is 24.2 Å². The first kappa shape index (κ1) is 14.7. The monoisotopic (exact) mass is 338 g/mol. The summed E-state index contributed by atoms with van der Waals surface area (Å²) < 4.78 is 5.36. The third-order valence-electron chi connectivity index (χ3n) is 5.44. The van der Waals surface area contributed by atoms with Crippen molar-refractivity contribution >= 4 is 22.9 Å². The van der Waals surface area contributed by atoms with E-state index in [1.165, 1.54) is 22.1 Å². The minimum Gasteiger partial charge on any atom is -0.423 e. The Hall–Kier alpha value is -2.63. The summed E-state index contributed by atoms with van der Waals surface area (Å²) >= 11 is 0. The summed E-state index contributed by atoms with van der Waals surface area (Å²) in [5, 5.41) is 0.825. The predicted octanol–water partition coefficient (Wildman–Crippen LogP) is 2.21. The molecule has 0 atom stereocenters. The largest absolute Gasteiger partial charge is 0.423 e. The van der Waals surface area contributed by atoms with Gasteiger partial charge in [-0.1, -0.05) is 0 Å². The van der Waals surface area contributed by atoms with Gasteiger partial charge in [0.15, 0.2) is 0 Å². The number of fused-ring (bicyclic) bond motifs is 2. The first-order valence-electron chi connectivity index (χ1n) is 8.79. The Labute approximate surface area is 144 Å². The lowest BCUT2D eigenvalue weighted by molar-refractivity contribution is -0.125. The van der Waals surface area contributed by atoms with Gasteiger partial charge in [-0.25, -0.2) is 9.59 Å². The molecule has 0 radical (unpaired) electrons. The van der Waals surface area contributed by atoms with Gasteiger partial charge in [-0.2, -0.15) is 0 Å². The summed E-state index contributed by atoms with van der Waals surface area (Å²) in [6.45, 7) is 0.278. The molecule has 0 spiro atoms. The maximum atomic E-state index is 12.5. The van der Waals surface area contributed by atoms with Crippen molar-refractivity contribution in [1.82, 2.24) is 9.80 Å². The number of imide groups is 1. The highest BCUT2D eigenvalue weighted by atomic mass is 16.4. The van der Waals surface area contributed by atoms with Crippen LogP contribution in [0.3, 0.4) is 0 Å². The molecular formula is C19H18N2O4. The smallest absolute Gasteiger partial charge is 0.336 e. The third kappa shape index (κ3) is 2.35. The van der Waals surface area contributed by atoms with E-state index in [2.05, 4.69) is 6.07 Å². The van der Waals surface area contributed by atoms with E-state index in [1.54, 1.807) is 4.90 Å². The SMILES string of the molecule is O=C1CN(C2CC2)C(=O)N1Cc1cc(=O)oc2cc3c(cc12)CCC3. The highest BCUT2D eigenvalue weighted by molar-refractivity contribution is 6.02. The summed E-state index contributed by atoms with van der Waals surface area (Å²) in [5.74, 6) is -0.195. The number of carbonyl (C=O) groups excluding carboxylic acids is 2. The number of carbonyl (C=O) groups is 2. The molecule has 0 unspecified atom stereocenters. The molecule has 0 bridgehead atoms. The quantitative estimate of drug-likeness (QED) is 0.635. The Morgan fingerprint density at radius 1 is 1.04 bits per heavy atom. The maximum Gasteiger partial charge on any atom is 0.336 e. The fourth-order valence-electron chi connectivity index (χ4n) is 3.98. The Balaban J connectivity index is 1.55. The lowest BCUT2D eigenvalue weighted by Gasteiger charge is -2.17. The van der Waals surface area contributed by atoms with Crippen LogP contribution < -0.4 is 5.63 Å². The molecule has 6 nitrogen and oxygen atoms in total. The van der Waals surface area contributed by atoms with Gasteiger partial charge >= 0.3 is 11.7 Å². The number of urea groups is 1. The number of benzene rings is 1. The summed E-state index contributed by atoms with van der Waals surface area (Å²) in [6.07, 6.45) is 5.05. The first-order chi connectivity index (χ1) is 12.1. The minimum absolute atomic E-state index is 0.127.